The second-order valence-electron chi connectivity index (χ2n) is 11.9. The third-order valence-electron chi connectivity index (χ3n) is 8.27. The lowest BCUT2D eigenvalue weighted by molar-refractivity contribution is -0.143. The van der Waals surface area contributed by atoms with Crippen molar-refractivity contribution in [3.63, 3.8) is 0 Å². The van der Waals surface area contributed by atoms with Crippen LogP contribution in [0.2, 0.25) is 5.02 Å². The number of nitrogens with zero attached hydrogens (tertiary/aromatic N) is 3. The van der Waals surface area contributed by atoms with Crippen molar-refractivity contribution in [2.45, 2.75) is 31.1 Å². The summed E-state index contributed by atoms with van der Waals surface area (Å²) in [7, 11) is -1.93. The number of alkyl halides is 6. The van der Waals surface area contributed by atoms with E-state index < -0.39 is 45.0 Å². The number of likely N-dealkylation sites (N-methyl/N-ethyl adjacent to an activating group) is 1. The van der Waals surface area contributed by atoms with Gasteiger partial charge in [0.1, 0.15) is 0 Å². The zero-order valence-electron chi connectivity index (χ0n) is 26.4. The Morgan fingerprint density at radius 3 is 2.06 bits per heavy atom. The summed E-state index contributed by atoms with van der Waals surface area (Å²) in [5, 5.41) is 0.495. The van der Waals surface area contributed by atoms with E-state index in [-0.39, 0.29) is 25.1 Å². The van der Waals surface area contributed by atoms with E-state index in [0.717, 1.165) is 54.1 Å². The van der Waals surface area contributed by atoms with Gasteiger partial charge in [0.05, 0.1) is 17.4 Å². The molecule has 1 aliphatic heterocycles. The number of piperazine rings is 1. The zero-order valence-corrected chi connectivity index (χ0v) is 28.0. The molecule has 7 nitrogen and oxygen atoms in total. The lowest BCUT2D eigenvalue weighted by Crippen LogP contribution is -2.47. The van der Waals surface area contributed by atoms with Gasteiger partial charge in [0.25, 0.3) is 5.91 Å². The number of anilines is 1. The van der Waals surface area contributed by atoms with E-state index in [1.54, 1.807) is 24.3 Å². The Bertz CT molecular complexity index is 1630. The van der Waals surface area contributed by atoms with E-state index in [1.807, 2.05) is 24.3 Å². The van der Waals surface area contributed by atoms with Crippen LogP contribution in [0, 0.1) is 0 Å². The zero-order chi connectivity index (χ0) is 35.3. The van der Waals surface area contributed by atoms with Crippen LogP contribution in [-0.4, -0.2) is 83.2 Å². The number of sulfonamides is 1. The Labute approximate surface area is 281 Å². The summed E-state index contributed by atoms with van der Waals surface area (Å²) in [6, 6.07) is 15.7. The Hall–Kier alpha value is -3.33. The van der Waals surface area contributed by atoms with Gasteiger partial charge >= 0.3 is 12.4 Å². The minimum atomic E-state index is -5.07. The van der Waals surface area contributed by atoms with Gasteiger partial charge in [-0.1, -0.05) is 41.9 Å². The van der Waals surface area contributed by atoms with Crippen LogP contribution in [-0.2, 0) is 28.8 Å². The van der Waals surface area contributed by atoms with E-state index in [2.05, 4.69) is 14.5 Å². The molecule has 0 aliphatic carbocycles. The van der Waals surface area contributed by atoms with Gasteiger partial charge in [0.2, 0.25) is 10.0 Å². The highest BCUT2D eigenvalue weighted by molar-refractivity contribution is 7.88. The fourth-order valence-electron chi connectivity index (χ4n) is 5.76. The number of benzene rings is 3. The summed E-state index contributed by atoms with van der Waals surface area (Å²) in [4.78, 5) is 18.9. The summed E-state index contributed by atoms with van der Waals surface area (Å²) >= 11 is 6.09. The molecular weight excluding hydrogens is 682 g/mol. The lowest BCUT2D eigenvalue weighted by atomic mass is 9.94. The molecule has 3 aromatic carbocycles. The van der Waals surface area contributed by atoms with E-state index in [0.29, 0.717) is 36.5 Å². The first-order valence-corrected chi connectivity index (χ1v) is 17.5. The second kappa shape index (κ2) is 15.5. The number of halogens is 7. The van der Waals surface area contributed by atoms with Crippen molar-refractivity contribution >= 4 is 33.2 Å². The molecule has 1 fully saturated rings. The van der Waals surface area contributed by atoms with Crippen LogP contribution in [0.15, 0.2) is 66.7 Å². The van der Waals surface area contributed by atoms with E-state index >= 15 is 0 Å². The molecule has 1 aliphatic rings. The lowest BCUT2D eigenvalue weighted by Gasteiger charge is -2.38. The molecule has 0 saturated carbocycles. The van der Waals surface area contributed by atoms with Crippen LogP contribution >= 0.6 is 11.6 Å². The molecule has 1 amide bonds. The smallest absolute Gasteiger partial charge is 0.369 e. The Kier molecular flexibility index (Phi) is 12.1. The maximum Gasteiger partial charge on any atom is 0.416 e. The van der Waals surface area contributed by atoms with Gasteiger partial charge in [-0.2, -0.15) is 26.3 Å². The van der Waals surface area contributed by atoms with Crippen molar-refractivity contribution in [1.29, 1.82) is 0 Å². The van der Waals surface area contributed by atoms with Crippen molar-refractivity contribution in [1.82, 2.24) is 14.5 Å². The molecule has 0 spiro atoms. The number of para-hydroxylation sites is 1. The van der Waals surface area contributed by atoms with Crippen molar-refractivity contribution in [2.24, 2.45) is 0 Å². The van der Waals surface area contributed by atoms with Crippen LogP contribution in [0.5, 0.6) is 0 Å². The summed E-state index contributed by atoms with van der Waals surface area (Å²) in [6.45, 7) is 3.86. The van der Waals surface area contributed by atoms with E-state index in [9.17, 15) is 39.6 Å². The minimum Gasteiger partial charge on any atom is -0.369 e. The molecule has 1 N–H and O–H groups in total. The molecule has 3 aromatic rings. The maximum absolute atomic E-state index is 13.4. The van der Waals surface area contributed by atoms with Gasteiger partial charge in [-0.25, -0.2) is 13.1 Å². The molecule has 4 rings (SSSR count). The Balaban J connectivity index is 1.44. The third-order valence-corrected chi connectivity index (χ3v) is 9.25. The van der Waals surface area contributed by atoms with Crippen molar-refractivity contribution in [3.8, 4) is 0 Å². The fourth-order valence-corrected chi connectivity index (χ4v) is 6.36. The molecule has 0 bridgehead atoms. The van der Waals surface area contributed by atoms with Gasteiger partial charge in [0.15, 0.2) is 0 Å². The van der Waals surface area contributed by atoms with Gasteiger partial charge in [-0.05, 0) is 66.9 Å². The summed E-state index contributed by atoms with van der Waals surface area (Å²) < 4.78 is 106. The number of nitrogens with one attached hydrogen (secondary N) is 1. The number of hydrogen-bond acceptors (Lipinski definition) is 5. The minimum absolute atomic E-state index is 0.00191. The first kappa shape index (κ1) is 37.5. The van der Waals surface area contributed by atoms with Crippen molar-refractivity contribution < 1.29 is 39.6 Å². The van der Waals surface area contributed by atoms with E-state index in [1.165, 1.54) is 7.05 Å². The standard InChI is InChI=1S/C33H37ClF6N4O3S/c1-42(31(45)26-19-27(32(35,36)37)21-28(20-26)33(38,39)40)22-25(23-7-9-29(34)10-8-23)12-14-43-15-17-44(18-16-43)30-6-4-3-5-24(30)11-13-41-48(2,46)47/h3-10,19-21,25,41H,11-18,22H2,1-2H3/t25-/m1/s1. The number of hydrogen-bond donors (Lipinski definition) is 1. The maximum atomic E-state index is 13.4. The first-order chi connectivity index (χ1) is 22.4. The molecule has 1 saturated heterocycles. The molecular formula is C33H37ClF6N4O3S. The van der Waals surface area contributed by atoms with Crippen LogP contribution in [0.1, 0.15) is 45.0 Å². The molecule has 262 valence electrons. The predicted octanol–water partition coefficient (Wildman–Crippen LogP) is 6.54. The van der Waals surface area contributed by atoms with Crippen LogP contribution in [0.3, 0.4) is 0 Å². The second-order valence-corrected chi connectivity index (χ2v) is 14.2. The number of amides is 1. The molecule has 0 radical (unpaired) electrons. The highest BCUT2D eigenvalue weighted by Crippen LogP contribution is 2.37. The molecule has 0 aromatic heterocycles. The fraction of sp³-hybridized carbons (Fsp3) is 0.424. The summed E-state index contributed by atoms with van der Waals surface area (Å²) in [5.74, 6) is -1.24. The van der Waals surface area contributed by atoms with Gasteiger partial charge in [-0.3, -0.25) is 9.69 Å². The average Bonchev–Trinajstić information content (AvgIpc) is 3.02. The van der Waals surface area contributed by atoms with Gasteiger partial charge < -0.3 is 9.80 Å². The third kappa shape index (κ3) is 10.6. The quantitative estimate of drug-likeness (QED) is 0.216. The van der Waals surface area contributed by atoms with Crippen LogP contribution in [0.25, 0.3) is 0 Å². The SMILES string of the molecule is CN(C[C@@H](CCN1CCN(c2ccccc2CCNS(C)(=O)=O)CC1)c1ccc(Cl)cc1)C(=O)c1cc(C(F)(F)F)cc(C(F)(F)F)c1. The monoisotopic (exact) mass is 718 g/mol. The molecule has 0 unspecified atom stereocenters. The topological polar surface area (TPSA) is 73.0 Å². The number of rotatable bonds is 12. The van der Waals surface area contributed by atoms with Gasteiger partial charge in [-0.15, -0.1) is 0 Å². The molecule has 1 atom stereocenters. The highest BCUT2D eigenvalue weighted by atomic mass is 35.5. The number of carbonyl (C=O) groups is 1. The Morgan fingerprint density at radius 1 is 0.917 bits per heavy atom. The van der Waals surface area contributed by atoms with Crippen LogP contribution < -0.4 is 9.62 Å². The average molecular weight is 719 g/mol. The summed E-state index contributed by atoms with van der Waals surface area (Å²) in [6.07, 6.45) is -7.92. The normalized spacial score (nSPS) is 15.4. The van der Waals surface area contributed by atoms with Gasteiger partial charge in [0, 0.05) is 68.5 Å². The Morgan fingerprint density at radius 2 is 1.50 bits per heavy atom. The molecule has 1 heterocycles. The predicted molar refractivity (Wildman–Crippen MR) is 174 cm³/mol. The van der Waals surface area contributed by atoms with Crippen LogP contribution in [0.4, 0.5) is 32.0 Å². The molecule has 15 heteroatoms. The van der Waals surface area contributed by atoms with Crippen molar-refractivity contribution in [2.75, 3.05) is 64.0 Å². The largest absolute Gasteiger partial charge is 0.416 e. The first-order valence-electron chi connectivity index (χ1n) is 15.2. The van der Waals surface area contributed by atoms with E-state index in [4.69, 9.17) is 11.6 Å². The number of carbonyl (C=O) groups excluding carboxylic acids is 1. The summed E-state index contributed by atoms with van der Waals surface area (Å²) in [5.41, 5.74) is -0.894. The van der Waals surface area contributed by atoms with Crippen molar-refractivity contribution in [3.05, 3.63) is 99.6 Å². The molecule has 48 heavy (non-hydrogen) atoms. The highest BCUT2D eigenvalue weighted by Gasteiger charge is 2.38.